The second-order valence-electron chi connectivity index (χ2n) is 7.19. The number of hydrogen-bond donors (Lipinski definition) is 2. The number of amides is 2. The largest absolute Gasteiger partial charge is 0.378 e. The van der Waals surface area contributed by atoms with Crippen LogP contribution in [-0.2, 0) is 15.1 Å². The molecule has 0 radical (unpaired) electrons. The van der Waals surface area contributed by atoms with Gasteiger partial charge >= 0.3 is 6.03 Å². The Balaban J connectivity index is 1.85. The number of primary amides is 1. The van der Waals surface area contributed by atoms with Gasteiger partial charge in [0.25, 0.3) is 0 Å². The van der Waals surface area contributed by atoms with Crippen molar-refractivity contribution in [1.82, 2.24) is 19.7 Å². The minimum atomic E-state index is -0.671. The highest BCUT2D eigenvalue weighted by atomic mass is 16.6. The van der Waals surface area contributed by atoms with E-state index in [4.69, 9.17) is 20.2 Å². The SMILES string of the molecule is CCO[C@@]1(c2cc(C)cc(-n3nc(C)c4cnc(NC(N)=O)cc43)n2)CCOC1. The van der Waals surface area contributed by atoms with Crippen molar-refractivity contribution in [3.05, 3.63) is 41.3 Å². The predicted molar refractivity (Wildman–Crippen MR) is 108 cm³/mol. The molecule has 0 unspecified atom stereocenters. The van der Waals surface area contributed by atoms with Crippen molar-refractivity contribution in [3.8, 4) is 5.82 Å². The highest BCUT2D eigenvalue weighted by Gasteiger charge is 2.39. The molecule has 0 aliphatic carbocycles. The molecule has 152 valence electrons. The van der Waals surface area contributed by atoms with Crippen LogP contribution < -0.4 is 11.1 Å². The number of hydrogen-bond acceptors (Lipinski definition) is 6. The molecule has 1 aliphatic heterocycles. The third-order valence-corrected chi connectivity index (χ3v) is 5.05. The first-order valence-electron chi connectivity index (χ1n) is 9.55. The Morgan fingerprint density at radius 3 is 2.90 bits per heavy atom. The van der Waals surface area contributed by atoms with Crippen molar-refractivity contribution in [2.45, 2.75) is 32.8 Å². The number of aromatic nitrogens is 4. The van der Waals surface area contributed by atoms with Crippen LogP contribution in [0.2, 0.25) is 0 Å². The van der Waals surface area contributed by atoms with Crippen molar-refractivity contribution in [3.63, 3.8) is 0 Å². The zero-order valence-corrected chi connectivity index (χ0v) is 16.7. The van der Waals surface area contributed by atoms with Gasteiger partial charge in [-0.25, -0.2) is 19.4 Å². The quantitative estimate of drug-likeness (QED) is 0.684. The second-order valence-corrected chi connectivity index (χ2v) is 7.19. The van der Waals surface area contributed by atoms with Crippen molar-refractivity contribution in [1.29, 1.82) is 0 Å². The molecule has 0 aromatic carbocycles. The van der Waals surface area contributed by atoms with E-state index in [1.54, 1.807) is 16.9 Å². The summed E-state index contributed by atoms with van der Waals surface area (Å²) >= 11 is 0. The zero-order chi connectivity index (χ0) is 20.6. The molecule has 9 heteroatoms. The first-order chi connectivity index (χ1) is 13.9. The summed E-state index contributed by atoms with van der Waals surface area (Å²) in [5.74, 6) is 1.02. The molecule has 9 nitrogen and oxygen atoms in total. The maximum Gasteiger partial charge on any atom is 0.317 e. The molecule has 4 rings (SSSR count). The van der Waals surface area contributed by atoms with Gasteiger partial charge in [-0.1, -0.05) is 0 Å². The van der Waals surface area contributed by atoms with Gasteiger partial charge in [0.05, 0.1) is 23.5 Å². The molecule has 0 saturated carbocycles. The summed E-state index contributed by atoms with van der Waals surface area (Å²) in [6.45, 7) is 7.59. The van der Waals surface area contributed by atoms with Crippen molar-refractivity contribution in [2.24, 2.45) is 5.73 Å². The number of anilines is 1. The van der Waals surface area contributed by atoms with Gasteiger partial charge in [0.1, 0.15) is 11.4 Å². The number of nitrogens with one attached hydrogen (secondary N) is 1. The van der Waals surface area contributed by atoms with Gasteiger partial charge in [-0.3, -0.25) is 5.32 Å². The van der Waals surface area contributed by atoms with Crippen LogP contribution in [0.4, 0.5) is 10.6 Å². The molecule has 4 heterocycles. The lowest BCUT2D eigenvalue weighted by Crippen LogP contribution is -2.32. The first-order valence-corrected chi connectivity index (χ1v) is 9.55. The highest BCUT2D eigenvalue weighted by Crippen LogP contribution is 2.34. The number of fused-ring (bicyclic) bond motifs is 1. The monoisotopic (exact) mass is 396 g/mol. The Morgan fingerprint density at radius 1 is 1.38 bits per heavy atom. The average Bonchev–Trinajstić information content (AvgIpc) is 3.27. The number of aryl methyl sites for hydroxylation is 2. The fourth-order valence-electron chi connectivity index (χ4n) is 3.73. The molecule has 3 N–H and O–H groups in total. The summed E-state index contributed by atoms with van der Waals surface area (Å²) in [7, 11) is 0. The number of carbonyl (C=O) groups excluding carboxylic acids is 1. The van der Waals surface area contributed by atoms with E-state index in [9.17, 15) is 4.79 Å². The lowest BCUT2D eigenvalue weighted by atomic mass is 9.96. The van der Waals surface area contributed by atoms with E-state index in [1.807, 2.05) is 32.9 Å². The van der Waals surface area contributed by atoms with Crippen molar-refractivity contribution < 1.29 is 14.3 Å². The van der Waals surface area contributed by atoms with Gasteiger partial charge in [0, 0.05) is 37.3 Å². The topological polar surface area (TPSA) is 117 Å². The van der Waals surface area contributed by atoms with Crippen LogP contribution in [0.15, 0.2) is 24.4 Å². The number of nitrogens with zero attached hydrogens (tertiary/aromatic N) is 4. The molecule has 1 fully saturated rings. The summed E-state index contributed by atoms with van der Waals surface area (Å²) in [5, 5.41) is 8.03. The smallest absolute Gasteiger partial charge is 0.317 e. The molecular weight excluding hydrogens is 372 g/mol. The molecule has 3 aromatic rings. The summed E-state index contributed by atoms with van der Waals surface area (Å²) in [6, 6.07) is 5.07. The van der Waals surface area contributed by atoms with Crippen LogP contribution in [0.1, 0.15) is 30.3 Å². The summed E-state index contributed by atoms with van der Waals surface area (Å²) < 4.78 is 13.5. The minimum Gasteiger partial charge on any atom is -0.378 e. The van der Waals surface area contributed by atoms with Crippen LogP contribution in [0.3, 0.4) is 0 Å². The van der Waals surface area contributed by atoms with Crippen LogP contribution in [0, 0.1) is 13.8 Å². The third-order valence-electron chi connectivity index (χ3n) is 5.05. The van der Waals surface area contributed by atoms with Gasteiger partial charge in [-0.15, -0.1) is 0 Å². The molecule has 1 atom stereocenters. The number of pyridine rings is 2. The molecule has 2 amide bonds. The zero-order valence-electron chi connectivity index (χ0n) is 16.7. The van der Waals surface area contributed by atoms with E-state index < -0.39 is 11.6 Å². The molecule has 0 bridgehead atoms. The summed E-state index contributed by atoms with van der Waals surface area (Å²) in [4.78, 5) is 20.3. The molecule has 3 aromatic heterocycles. The van der Waals surface area contributed by atoms with E-state index in [2.05, 4.69) is 15.4 Å². The predicted octanol–water partition coefficient (Wildman–Crippen LogP) is 2.58. The van der Waals surface area contributed by atoms with Crippen molar-refractivity contribution in [2.75, 3.05) is 25.1 Å². The van der Waals surface area contributed by atoms with Gasteiger partial charge in [0.2, 0.25) is 0 Å². The third kappa shape index (κ3) is 3.54. The fraction of sp³-hybridized carbons (Fsp3) is 0.400. The van der Waals surface area contributed by atoms with Gasteiger partial charge in [-0.05, 0) is 38.5 Å². The maximum atomic E-state index is 11.2. The van der Waals surface area contributed by atoms with Crippen LogP contribution in [0.25, 0.3) is 16.7 Å². The first kappa shape index (κ1) is 19.3. The van der Waals surface area contributed by atoms with E-state index in [1.165, 1.54) is 0 Å². The van der Waals surface area contributed by atoms with Gasteiger partial charge in [-0.2, -0.15) is 5.10 Å². The van der Waals surface area contributed by atoms with Gasteiger partial charge in [0.15, 0.2) is 5.82 Å². The Bertz CT molecular complexity index is 1070. The van der Waals surface area contributed by atoms with Crippen molar-refractivity contribution >= 4 is 22.8 Å². The number of ether oxygens (including phenoxy) is 2. The van der Waals surface area contributed by atoms with E-state index in [-0.39, 0.29) is 0 Å². The van der Waals surface area contributed by atoms with Crippen LogP contribution in [-0.4, -0.2) is 45.6 Å². The Labute approximate surface area is 168 Å². The molecule has 29 heavy (non-hydrogen) atoms. The Kier molecular flexibility index (Phi) is 4.93. The van der Waals surface area contributed by atoms with E-state index in [0.717, 1.165) is 34.3 Å². The second kappa shape index (κ2) is 7.41. The average molecular weight is 396 g/mol. The molecule has 0 spiro atoms. The lowest BCUT2D eigenvalue weighted by molar-refractivity contribution is -0.0513. The standard InChI is InChI=1S/C20H24N6O3/c1-4-29-20(5-6-28-11-20)16-7-12(2)8-18(23-16)26-15-9-17(24-19(21)27)22-10-14(15)13(3)25-26/h7-10H,4-6,11H2,1-3H3,(H3,21,22,24,27)/t20-/m0/s1. The Hall–Kier alpha value is -3.04. The Morgan fingerprint density at radius 2 is 2.21 bits per heavy atom. The lowest BCUT2D eigenvalue weighted by Gasteiger charge is -2.27. The molecule has 1 saturated heterocycles. The van der Waals surface area contributed by atoms with Gasteiger partial charge < -0.3 is 15.2 Å². The normalized spacial score (nSPS) is 19.0. The van der Waals surface area contributed by atoms with E-state index >= 15 is 0 Å². The minimum absolute atomic E-state index is 0.356. The number of urea groups is 1. The highest BCUT2D eigenvalue weighted by molar-refractivity contribution is 5.90. The van der Waals surface area contributed by atoms with Crippen LogP contribution >= 0.6 is 0 Å². The number of carbonyl (C=O) groups is 1. The number of rotatable bonds is 5. The van der Waals surface area contributed by atoms with E-state index in [0.29, 0.717) is 31.5 Å². The molecular formula is C20H24N6O3. The summed E-state index contributed by atoms with van der Waals surface area (Å²) in [6.07, 6.45) is 2.43. The fourth-order valence-corrected chi connectivity index (χ4v) is 3.73. The number of nitrogens with two attached hydrogens (primary N) is 1. The van der Waals surface area contributed by atoms with Crippen LogP contribution in [0.5, 0.6) is 0 Å². The molecule has 1 aliphatic rings. The maximum absolute atomic E-state index is 11.2. The summed E-state index contributed by atoms with van der Waals surface area (Å²) in [5.41, 5.74) is 8.14.